The quantitative estimate of drug-likeness (QED) is 0.640. The van der Waals surface area contributed by atoms with Gasteiger partial charge in [-0.3, -0.25) is 4.79 Å². The van der Waals surface area contributed by atoms with Crippen molar-refractivity contribution in [3.05, 3.63) is 35.2 Å². The number of sulfone groups is 1. The summed E-state index contributed by atoms with van der Waals surface area (Å²) in [6, 6.07) is 6.11. The number of thioether (sulfide) groups is 1. The number of hydrogen-bond donors (Lipinski definition) is 1. The molecule has 3 rings (SSSR count). The molecule has 7 nitrogen and oxygen atoms in total. The summed E-state index contributed by atoms with van der Waals surface area (Å²) in [6.45, 7) is 4.16. The minimum absolute atomic E-state index is 0.0722. The number of carbonyl (C=O) groups excluding carboxylic acids is 1. The molecule has 1 amide bonds. The molecular weight excluding hydrogens is 408 g/mol. The smallest absolute Gasteiger partial charge is 0.234 e. The van der Waals surface area contributed by atoms with Crippen LogP contribution in [-0.4, -0.2) is 46.3 Å². The molecule has 0 saturated carbocycles. The Morgan fingerprint density at radius 2 is 1.93 bits per heavy atom. The second-order valence-electron chi connectivity index (χ2n) is 7.43. The number of carbonyl (C=O) groups is 1. The van der Waals surface area contributed by atoms with E-state index in [1.807, 2.05) is 29.8 Å². The van der Waals surface area contributed by atoms with Crippen LogP contribution >= 0.6 is 11.8 Å². The molecule has 1 atom stereocenters. The van der Waals surface area contributed by atoms with Crippen molar-refractivity contribution in [3.8, 4) is 0 Å². The third-order valence-corrected chi connectivity index (χ3v) is 8.18. The van der Waals surface area contributed by atoms with Gasteiger partial charge in [-0.05, 0) is 36.3 Å². The highest BCUT2D eigenvalue weighted by atomic mass is 32.2. The van der Waals surface area contributed by atoms with E-state index in [-0.39, 0.29) is 29.1 Å². The van der Waals surface area contributed by atoms with E-state index in [2.05, 4.69) is 29.4 Å². The predicted octanol–water partition coefficient (Wildman–Crippen LogP) is 2.65. The fourth-order valence-corrected chi connectivity index (χ4v) is 6.24. The highest BCUT2D eigenvalue weighted by Gasteiger charge is 2.29. The molecule has 1 aliphatic heterocycles. The zero-order valence-corrected chi connectivity index (χ0v) is 18.8. The second-order valence-corrected chi connectivity index (χ2v) is 10.6. The third kappa shape index (κ3) is 5.39. The summed E-state index contributed by atoms with van der Waals surface area (Å²) in [4.78, 5) is 12.5. The Hall–Kier alpha value is -1.87. The molecule has 1 saturated heterocycles. The van der Waals surface area contributed by atoms with Gasteiger partial charge in [0.25, 0.3) is 0 Å². The van der Waals surface area contributed by atoms with Crippen molar-refractivity contribution < 1.29 is 13.2 Å². The first-order chi connectivity index (χ1) is 13.8. The molecule has 1 fully saturated rings. The molecule has 0 spiro atoms. The van der Waals surface area contributed by atoms with Gasteiger partial charge in [-0.25, -0.2) is 8.42 Å². The van der Waals surface area contributed by atoms with Crippen LogP contribution in [0.3, 0.4) is 0 Å². The number of para-hydroxylation sites is 1. The molecule has 1 unspecified atom stereocenters. The van der Waals surface area contributed by atoms with E-state index in [9.17, 15) is 13.2 Å². The molecule has 0 bridgehead atoms. The van der Waals surface area contributed by atoms with Gasteiger partial charge in [0, 0.05) is 19.2 Å². The predicted molar refractivity (Wildman–Crippen MR) is 116 cm³/mol. The van der Waals surface area contributed by atoms with Crippen molar-refractivity contribution in [1.29, 1.82) is 0 Å². The van der Waals surface area contributed by atoms with E-state index >= 15 is 0 Å². The van der Waals surface area contributed by atoms with Crippen molar-refractivity contribution in [2.75, 3.05) is 22.6 Å². The van der Waals surface area contributed by atoms with Crippen LogP contribution in [0, 0.1) is 5.92 Å². The highest BCUT2D eigenvalue weighted by molar-refractivity contribution is 7.99. The summed E-state index contributed by atoms with van der Waals surface area (Å²) in [5, 5.41) is 12.1. The first-order valence-corrected chi connectivity index (χ1v) is 12.8. The van der Waals surface area contributed by atoms with E-state index in [0.717, 1.165) is 35.5 Å². The second kappa shape index (κ2) is 9.30. The van der Waals surface area contributed by atoms with E-state index in [4.69, 9.17) is 0 Å². The Bertz CT molecular complexity index is 963. The Labute approximate surface area is 176 Å². The highest BCUT2D eigenvalue weighted by Crippen LogP contribution is 2.25. The van der Waals surface area contributed by atoms with E-state index in [0.29, 0.717) is 18.0 Å². The number of nitrogens with one attached hydrogen (secondary N) is 1. The fourth-order valence-electron chi connectivity index (χ4n) is 3.65. The van der Waals surface area contributed by atoms with Gasteiger partial charge in [-0.1, -0.05) is 43.8 Å². The summed E-state index contributed by atoms with van der Waals surface area (Å²) >= 11 is 1.34. The molecule has 1 N–H and O–H groups in total. The van der Waals surface area contributed by atoms with Crippen molar-refractivity contribution in [1.82, 2.24) is 14.8 Å². The van der Waals surface area contributed by atoms with Crippen LogP contribution in [0.4, 0.5) is 5.69 Å². The number of rotatable bonds is 8. The maximum atomic E-state index is 12.5. The van der Waals surface area contributed by atoms with E-state index < -0.39 is 9.84 Å². The number of anilines is 1. The molecule has 0 aliphatic carbocycles. The number of hydrogen-bond acceptors (Lipinski definition) is 6. The van der Waals surface area contributed by atoms with Crippen molar-refractivity contribution in [2.24, 2.45) is 13.0 Å². The first-order valence-electron chi connectivity index (χ1n) is 9.95. The van der Waals surface area contributed by atoms with Crippen molar-refractivity contribution in [2.45, 2.75) is 44.7 Å². The van der Waals surface area contributed by atoms with Crippen LogP contribution in [0.25, 0.3) is 0 Å². The number of aromatic nitrogens is 3. The average Bonchev–Trinajstić information content (AvgIpc) is 3.22. The maximum absolute atomic E-state index is 12.5. The standard InChI is InChI=1S/C20H28N4O3S2/c1-4-15-7-6-8-16(5-2)19(15)21-18(25)12-28-20-23-22-17(24(20)3)11-14-9-10-29(26,27)13-14/h6-8,14H,4-5,9-13H2,1-3H3,(H,21,25). The summed E-state index contributed by atoms with van der Waals surface area (Å²) in [7, 11) is -1.04. The van der Waals surface area contributed by atoms with Gasteiger partial charge >= 0.3 is 0 Å². The Kier molecular flexibility index (Phi) is 7.00. The Morgan fingerprint density at radius 1 is 1.24 bits per heavy atom. The van der Waals surface area contributed by atoms with E-state index in [1.54, 1.807) is 0 Å². The third-order valence-electron chi connectivity index (χ3n) is 5.32. The van der Waals surface area contributed by atoms with Crippen LogP contribution in [0.2, 0.25) is 0 Å². The zero-order valence-electron chi connectivity index (χ0n) is 17.1. The molecular formula is C20H28N4O3S2. The minimum atomic E-state index is -2.90. The summed E-state index contributed by atoms with van der Waals surface area (Å²) in [5.74, 6) is 1.52. The molecule has 9 heteroatoms. The lowest BCUT2D eigenvalue weighted by molar-refractivity contribution is -0.113. The Balaban J connectivity index is 1.60. The normalized spacial score (nSPS) is 18.1. The summed E-state index contributed by atoms with van der Waals surface area (Å²) < 4.78 is 25.2. The number of aryl methyl sites for hydroxylation is 2. The zero-order chi connectivity index (χ0) is 21.0. The lowest BCUT2D eigenvalue weighted by atomic mass is 10.0. The summed E-state index contributed by atoms with van der Waals surface area (Å²) in [5.41, 5.74) is 3.19. The monoisotopic (exact) mass is 436 g/mol. The largest absolute Gasteiger partial charge is 0.325 e. The summed E-state index contributed by atoms with van der Waals surface area (Å²) in [6.07, 6.45) is 3.00. The lowest BCUT2D eigenvalue weighted by Crippen LogP contribution is -2.17. The van der Waals surface area contributed by atoms with Crippen molar-refractivity contribution >= 4 is 33.2 Å². The number of nitrogens with zero attached hydrogens (tertiary/aromatic N) is 3. The van der Waals surface area contributed by atoms with Gasteiger partial charge in [0.15, 0.2) is 15.0 Å². The SMILES string of the molecule is CCc1cccc(CC)c1NC(=O)CSc1nnc(CC2CCS(=O)(=O)C2)n1C. The molecule has 1 aromatic carbocycles. The molecule has 2 aromatic rings. The van der Waals surface area contributed by atoms with Gasteiger partial charge in [-0.15, -0.1) is 10.2 Å². The van der Waals surface area contributed by atoms with Crippen LogP contribution in [-0.2, 0) is 40.9 Å². The van der Waals surface area contributed by atoms with Gasteiger partial charge in [0.1, 0.15) is 5.82 Å². The van der Waals surface area contributed by atoms with Crippen LogP contribution in [0.1, 0.15) is 37.2 Å². The van der Waals surface area contributed by atoms with Gasteiger partial charge in [0.05, 0.1) is 17.3 Å². The topological polar surface area (TPSA) is 94.0 Å². The van der Waals surface area contributed by atoms with Crippen LogP contribution in [0.5, 0.6) is 0 Å². The van der Waals surface area contributed by atoms with Gasteiger partial charge in [0.2, 0.25) is 5.91 Å². The Morgan fingerprint density at radius 3 is 2.52 bits per heavy atom. The minimum Gasteiger partial charge on any atom is -0.325 e. The van der Waals surface area contributed by atoms with Crippen LogP contribution < -0.4 is 5.32 Å². The van der Waals surface area contributed by atoms with E-state index in [1.165, 1.54) is 11.8 Å². The fraction of sp³-hybridized carbons (Fsp3) is 0.550. The lowest BCUT2D eigenvalue weighted by Gasteiger charge is -2.14. The molecule has 1 aromatic heterocycles. The van der Waals surface area contributed by atoms with Gasteiger partial charge < -0.3 is 9.88 Å². The van der Waals surface area contributed by atoms with Gasteiger partial charge in [-0.2, -0.15) is 0 Å². The molecule has 29 heavy (non-hydrogen) atoms. The number of benzene rings is 1. The average molecular weight is 437 g/mol. The van der Waals surface area contributed by atoms with Crippen LogP contribution in [0.15, 0.2) is 23.4 Å². The van der Waals surface area contributed by atoms with Crippen molar-refractivity contribution in [3.63, 3.8) is 0 Å². The maximum Gasteiger partial charge on any atom is 0.234 e. The first kappa shape index (κ1) is 21.8. The molecule has 1 aliphatic rings. The number of amides is 1. The molecule has 158 valence electrons. The molecule has 0 radical (unpaired) electrons. The molecule has 2 heterocycles.